The predicted octanol–water partition coefficient (Wildman–Crippen LogP) is -1.33. The highest BCUT2D eigenvalue weighted by atomic mass is 16.6. The summed E-state index contributed by atoms with van der Waals surface area (Å²) in [5.41, 5.74) is 0. The van der Waals surface area contributed by atoms with E-state index in [9.17, 15) is 14.4 Å². The zero-order chi connectivity index (χ0) is 44.3. The molecule has 0 aromatic heterocycles. The van der Waals surface area contributed by atoms with Gasteiger partial charge in [0.15, 0.2) is 0 Å². The zero-order valence-electron chi connectivity index (χ0n) is 37.9. The lowest BCUT2D eigenvalue weighted by Crippen LogP contribution is -2.60. The van der Waals surface area contributed by atoms with Gasteiger partial charge in [-0.2, -0.15) is 0 Å². The second-order valence-corrected chi connectivity index (χ2v) is 15.3. The van der Waals surface area contributed by atoms with Crippen LogP contribution in [0.4, 0.5) is 0 Å². The normalized spacial score (nSPS) is 23.5. The second-order valence-electron chi connectivity index (χ2n) is 15.3. The van der Waals surface area contributed by atoms with E-state index in [-0.39, 0.29) is 57.0 Å². The summed E-state index contributed by atoms with van der Waals surface area (Å²) < 4.78 is 68.0. The van der Waals surface area contributed by atoms with Gasteiger partial charge < -0.3 is 71.5 Å². The molecule has 4 saturated heterocycles. The average Bonchev–Trinajstić information content (AvgIpc) is 3.32. The van der Waals surface area contributed by atoms with Gasteiger partial charge in [0, 0.05) is 78.2 Å². The highest BCUT2D eigenvalue weighted by molar-refractivity contribution is 5.82. The molecule has 4 aliphatic heterocycles. The summed E-state index contributed by atoms with van der Waals surface area (Å²) in [6.45, 7) is 17.0. The van der Waals surface area contributed by atoms with Gasteiger partial charge in [-0.3, -0.25) is 29.1 Å². The van der Waals surface area contributed by atoms with Crippen molar-refractivity contribution in [3.8, 4) is 0 Å². The lowest BCUT2D eigenvalue weighted by Gasteiger charge is -2.43. The van der Waals surface area contributed by atoms with Crippen molar-refractivity contribution < 1.29 is 71.2 Å². The number of amides is 3. The van der Waals surface area contributed by atoms with Crippen LogP contribution < -0.4 is 0 Å². The molecule has 0 aromatic carbocycles. The zero-order valence-corrected chi connectivity index (χ0v) is 37.9. The fourth-order valence-electron chi connectivity index (χ4n) is 6.91. The number of ether oxygens (including phenoxy) is 12. The summed E-state index contributed by atoms with van der Waals surface area (Å²) in [7, 11) is 0. The smallest absolute Gasteiger partial charge is 0.226 e. The number of rotatable bonds is 9. The minimum Gasteiger partial charge on any atom is -0.378 e. The Morgan fingerprint density at radius 1 is 0.254 bits per heavy atom. The molecule has 0 saturated carbocycles. The topological polar surface area (TPSA) is 181 Å². The SMILES string of the molecule is O=C(CCN1CCOCCOCCOCCOCC1)N1CN(C(=O)CCN2CCOCCOCCOCCOCC2)CN(C(=O)CCN2CCOCCOCCOCCOCC2)C1. The number of carbonyl (C=O) groups is 3. The second kappa shape index (κ2) is 36.0. The Morgan fingerprint density at radius 3 is 0.587 bits per heavy atom. The molecule has 4 heterocycles. The standard InChI is InChI=1S/C42H78N6O15/c49-40(1-4-43-7-13-52-19-25-58-31-32-59-26-20-53-14-8-43)46-37-47(41(50)2-5-44-9-15-54-21-27-60-33-34-61-28-22-55-16-10-44)39-48(38-46)42(51)3-6-45-11-17-56-23-29-62-35-36-63-30-24-57-18-12-45/h1-39H2. The molecule has 0 unspecified atom stereocenters. The average molecular weight is 907 g/mol. The summed E-state index contributed by atoms with van der Waals surface area (Å²) in [5.74, 6) is -0.443. The Hall–Kier alpha value is -2.19. The summed E-state index contributed by atoms with van der Waals surface area (Å²) >= 11 is 0. The molecule has 0 bridgehead atoms. The van der Waals surface area contributed by atoms with Gasteiger partial charge in [0.05, 0.1) is 179 Å². The fraction of sp³-hybridized carbons (Fsp3) is 0.929. The highest BCUT2D eigenvalue weighted by Gasteiger charge is 2.32. The minimum absolute atomic E-state index is 0.0914. The molecular formula is C42H78N6O15. The molecule has 3 amide bonds. The van der Waals surface area contributed by atoms with E-state index < -0.39 is 0 Å². The predicted molar refractivity (Wildman–Crippen MR) is 228 cm³/mol. The van der Waals surface area contributed by atoms with E-state index in [1.807, 2.05) is 0 Å². The Morgan fingerprint density at radius 2 is 0.413 bits per heavy atom. The molecule has 0 atom stereocenters. The van der Waals surface area contributed by atoms with Crippen LogP contribution in [-0.2, 0) is 71.2 Å². The first-order chi connectivity index (χ1) is 31.1. The first kappa shape index (κ1) is 53.4. The monoisotopic (exact) mass is 907 g/mol. The molecule has 63 heavy (non-hydrogen) atoms. The van der Waals surface area contributed by atoms with Gasteiger partial charge in [-0.15, -0.1) is 0 Å². The fourth-order valence-corrected chi connectivity index (χ4v) is 6.91. The van der Waals surface area contributed by atoms with Crippen LogP contribution in [-0.4, -0.2) is 285 Å². The molecule has 21 heteroatoms. The molecule has 0 aliphatic carbocycles. The molecule has 0 N–H and O–H groups in total. The maximum absolute atomic E-state index is 14.0. The van der Waals surface area contributed by atoms with Gasteiger partial charge in [-0.1, -0.05) is 0 Å². The molecule has 0 spiro atoms. The Bertz CT molecular complexity index is 993. The summed E-state index contributed by atoms with van der Waals surface area (Å²) in [4.78, 5) is 53.3. The van der Waals surface area contributed by atoms with Crippen molar-refractivity contribution in [1.82, 2.24) is 29.4 Å². The lowest BCUT2D eigenvalue weighted by molar-refractivity contribution is -0.159. The number of hydrogen-bond acceptors (Lipinski definition) is 18. The molecule has 4 rings (SSSR count). The van der Waals surface area contributed by atoms with Crippen LogP contribution in [0.1, 0.15) is 19.3 Å². The van der Waals surface area contributed by atoms with Crippen molar-refractivity contribution in [3.63, 3.8) is 0 Å². The van der Waals surface area contributed by atoms with Crippen molar-refractivity contribution in [2.75, 3.05) is 237 Å². The molecule has 0 radical (unpaired) electrons. The number of hydrogen-bond donors (Lipinski definition) is 0. The van der Waals surface area contributed by atoms with Crippen LogP contribution in [0.3, 0.4) is 0 Å². The largest absolute Gasteiger partial charge is 0.378 e. The highest BCUT2D eigenvalue weighted by Crippen LogP contribution is 2.14. The molecular weight excluding hydrogens is 828 g/mol. The van der Waals surface area contributed by atoms with Gasteiger partial charge in [0.25, 0.3) is 0 Å². The van der Waals surface area contributed by atoms with Gasteiger partial charge in [0.2, 0.25) is 17.7 Å². The van der Waals surface area contributed by atoms with E-state index in [2.05, 4.69) is 14.7 Å². The van der Waals surface area contributed by atoms with Crippen molar-refractivity contribution >= 4 is 17.7 Å². The van der Waals surface area contributed by atoms with Gasteiger partial charge in [-0.25, -0.2) is 0 Å². The minimum atomic E-state index is -0.148. The molecule has 366 valence electrons. The number of nitrogens with zero attached hydrogens (tertiary/aromatic N) is 6. The first-order valence-electron chi connectivity index (χ1n) is 23.0. The summed E-state index contributed by atoms with van der Waals surface area (Å²) in [5, 5.41) is 0. The van der Waals surface area contributed by atoms with E-state index in [4.69, 9.17) is 56.8 Å². The molecule has 21 nitrogen and oxygen atoms in total. The molecule has 4 fully saturated rings. The van der Waals surface area contributed by atoms with E-state index in [0.717, 1.165) is 0 Å². The van der Waals surface area contributed by atoms with Gasteiger partial charge in [-0.05, 0) is 0 Å². The summed E-state index contributed by atoms with van der Waals surface area (Å²) in [6.07, 6.45) is 0.595. The van der Waals surface area contributed by atoms with Crippen LogP contribution in [0.2, 0.25) is 0 Å². The Kier molecular flexibility index (Phi) is 30.5. The van der Waals surface area contributed by atoms with E-state index >= 15 is 0 Å². The maximum atomic E-state index is 14.0. The van der Waals surface area contributed by atoms with Crippen LogP contribution in [0, 0.1) is 0 Å². The van der Waals surface area contributed by atoms with Crippen LogP contribution >= 0.6 is 0 Å². The first-order valence-corrected chi connectivity index (χ1v) is 23.0. The Labute approximate surface area is 374 Å². The van der Waals surface area contributed by atoms with Crippen LogP contribution in [0.15, 0.2) is 0 Å². The maximum Gasteiger partial charge on any atom is 0.226 e. The molecule has 0 aromatic rings. The Balaban J connectivity index is 1.37. The van der Waals surface area contributed by atoms with E-state index in [1.54, 1.807) is 14.7 Å². The third-order valence-corrected chi connectivity index (χ3v) is 10.7. The van der Waals surface area contributed by atoms with Gasteiger partial charge >= 0.3 is 0 Å². The van der Waals surface area contributed by atoms with Crippen molar-refractivity contribution in [1.29, 1.82) is 0 Å². The van der Waals surface area contributed by atoms with Gasteiger partial charge in [0.1, 0.15) is 0 Å². The quantitative estimate of drug-likeness (QED) is 0.266. The third-order valence-electron chi connectivity index (χ3n) is 10.7. The van der Waals surface area contributed by atoms with Crippen molar-refractivity contribution in [2.24, 2.45) is 0 Å². The lowest BCUT2D eigenvalue weighted by atomic mass is 10.2. The van der Waals surface area contributed by atoms with E-state index in [0.29, 0.717) is 217 Å². The van der Waals surface area contributed by atoms with Crippen LogP contribution in [0.5, 0.6) is 0 Å². The third kappa shape index (κ3) is 25.9. The molecule has 4 aliphatic rings. The summed E-state index contributed by atoms with van der Waals surface area (Å²) in [6, 6.07) is 0. The number of carbonyl (C=O) groups excluding carboxylic acids is 3. The van der Waals surface area contributed by atoms with Crippen LogP contribution in [0.25, 0.3) is 0 Å². The van der Waals surface area contributed by atoms with Crippen molar-refractivity contribution in [2.45, 2.75) is 19.3 Å². The van der Waals surface area contributed by atoms with E-state index in [1.165, 1.54) is 0 Å². The van der Waals surface area contributed by atoms with Crippen molar-refractivity contribution in [3.05, 3.63) is 0 Å².